The maximum Gasteiger partial charge on any atom is 0.337 e. The first-order valence-corrected chi connectivity index (χ1v) is 7.69. The fourth-order valence-electron chi connectivity index (χ4n) is 1.82. The van der Waals surface area contributed by atoms with Gasteiger partial charge in [0.25, 0.3) is 0 Å². The van der Waals surface area contributed by atoms with Crippen molar-refractivity contribution in [3.8, 4) is 5.75 Å². The Kier molecular flexibility index (Phi) is 5.26. The van der Waals surface area contributed by atoms with Crippen LogP contribution in [0, 0.1) is 6.92 Å². The number of nitrogens with zero attached hydrogens (tertiary/aromatic N) is 3. The van der Waals surface area contributed by atoms with Gasteiger partial charge in [-0.25, -0.2) is 9.47 Å². The fraction of sp³-hybridized carbons (Fsp3) is 0.357. The number of aromatic nitrogens is 3. The molecule has 0 aliphatic heterocycles. The highest BCUT2D eigenvalue weighted by Crippen LogP contribution is 2.28. The number of aryl methyl sites for hydroxylation is 1. The molecule has 1 heterocycles. The number of rotatable bonds is 6. The van der Waals surface area contributed by atoms with Gasteiger partial charge in [-0.1, -0.05) is 11.8 Å². The van der Waals surface area contributed by atoms with Crippen molar-refractivity contribution in [1.29, 1.82) is 0 Å². The van der Waals surface area contributed by atoms with Crippen molar-refractivity contribution in [2.75, 3.05) is 19.6 Å². The molecule has 1 aromatic carbocycles. The van der Waals surface area contributed by atoms with Crippen LogP contribution in [0.3, 0.4) is 0 Å². The summed E-state index contributed by atoms with van der Waals surface area (Å²) in [6.07, 6.45) is 0. The number of carbonyl (C=O) groups excluding carboxylic acids is 1. The van der Waals surface area contributed by atoms with Crippen LogP contribution in [0.2, 0.25) is 0 Å². The number of methoxy groups -OCH3 is 1. The largest absolute Gasteiger partial charge is 0.494 e. The normalized spacial score (nSPS) is 10.5. The van der Waals surface area contributed by atoms with E-state index in [1.165, 1.54) is 23.5 Å². The SMILES string of the molecule is CCOc1ccc(C(=O)OC)cc1CSc1nnc(C)n1N. The van der Waals surface area contributed by atoms with Crippen LogP contribution in [0.25, 0.3) is 0 Å². The third-order valence-electron chi connectivity index (χ3n) is 2.97. The molecule has 0 aliphatic rings. The molecule has 0 unspecified atom stereocenters. The molecule has 0 spiro atoms. The second kappa shape index (κ2) is 7.17. The van der Waals surface area contributed by atoms with Crippen LogP contribution in [-0.4, -0.2) is 34.6 Å². The first-order valence-electron chi connectivity index (χ1n) is 6.70. The lowest BCUT2D eigenvalue weighted by atomic mass is 10.1. The van der Waals surface area contributed by atoms with E-state index < -0.39 is 0 Å². The standard InChI is InChI=1S/C14H18N4O3S/c1-4-21-12-6-5-10(13(19)20-3)7-11(12)8-22-14-17-16-9(2)18(14)15/h5-7H,4,8,15H2,1-3H3. The number of nitrogens with two attached hydrogens (primary N) is 1. The molecule has 118 valence electrons. The molecule has 2 rings (SSSR count). The molecule has 2 aromatic rings. The molecule has 0 saturated heterocycles. The van der Waals surface area contributed by atoms with E-state index in [0.717, 1.165) is 11.3 Å². The molecule has 0 radical (unpaired) electrons. The summed E-state index contributed by atoms with van der Waals surface area (Å²) in [5.74, 6) is 7.36. The van der Waals surface area contributed by atoms with Gasteiger partial charge in [0.15, 0.2) is 0 Å². The Morgan fingerprint density at radius 3 is 2.77 bits per heavy atom. The van der Waals surface area contributed by atoms with Crippen molar-refractivity contribution in [2.24, 2.45) is 0 Å². The molecule has 0 atom stereocenters. The minimum absolute atomic E-state index is 0.382. The molecule has 22 heavy (non-hydrogen) atoms. The quantitative estimate of drug-likeness (QED) is 0.492. The third kappa shape index (κ3) is 3.51. The first-order chi connectivity index (χ1) is 10.6. The molecular weight excluding hydrogens is 304 g/mol. The lowest BCUT2D eigenvalue weighted by Crippen LogP contribution is -2.11. The van der Waals surface area contributed by atoms with E-state index in [9.17, 15) is 4.79 Å². The van der Waals surface area contributed by atoms with Crippen molar-refractivity contribution in [2.45, 2.75) is 24.8 Å². The van der Waals surface area contributed by atoms with Crippen LogP contribution in [-0.2, 0) is 10.5 Å². The van der Waals surface area contributed by atoms with E-state index in [2.05, 4.69) is 10.2 Å². The summed E-state index contributed by atoms with van der Waals surface area (Å²) < 4.78 is 11.8. The summed E-state index contributed by atoms with van der Waals surface area (Å²) in [6, 6.07) is 5.21. The monoisotopic (exact) mass is 322 g/mol. The summed E-state index contributed by atoms with van der Waals surface area (Å²) in [5.41, 5.74) is 1.35. The van der Waals surface area contributed by atoms with Crippen molar-refractivity contribution in [3.63, 3.8) is 0 Å². The Balaban J connectivity index is 2.22. The van der Waals surface area contributed by atoms with Crippen LogP contribution in [0.4, 0.5) is 0 Å². The fourth-order valence-corrected chi connectivity index (χ4v) is 2.70. The van der Waals surface area contributed by atoms with Crippen LogP contribution < -0.4 is 10.6 Å². The van der Waals surface area contributed by atoms with E-state index in [1.54, 1.807) is 25.1 Å². The third-order valence-corrected chi connectivity index (χ3v) is 3.97. The highest BCUT2D eigenvalue weighted by molar-refractivity contribution is 7.98. The van der Waals surface area contributed by atoms with Crippen LogP contribution in [0.5, 0.6) is 5.75 Å². The van der Waals surface area contributed by atoms with Crippen molar-refractivity contribution in [1.82, 2.24) is 14.9 Å². The molecule has 0 fully saturated rings. The highest BCUT2D eigenvalue weighted by Gasteiger charge is 2.13. The van der Waals surface area contributed by atoms with Gasteiger partial charge in [0.05, 0.1) is 19.3 Å². The maximum absolute atomic E-state index is 11.7. The van der Waals surface area contributed by atoms with Gasteiger partial charge in [0, 0.05) is 11.3 Å². The maximum atomic E-state index is 11.7. The molecule has 0 bridgehead atoms. The Labute approximate surface area is 132 Å². The Morgan fingerprint density at radius 1 is 1.41 bits per heavy atom. The van der Waals surface area contributed by atoms with Gasteiger partial charge in [-0.2, -0.15) is 0 Å². The second-order valence-corrected chi connectivity index (χ2v) is 5.38. The molecule has 0 saturated carbocycles. The Bertz CT molecular complexity index is 672. The van der Waals surface area contributed by atoms with Gasteiger partial charge < -0.3 is 15.3 Å². The lowest BCUT2D eigenvalue weighted by molar-refractivity contribution is 0.0600. The molecule has 0 amide bonds. The topological polar surface area (TPSA) is 92.3 Å². The van der Waals surface area contributed by atoms with E-state index in [4.69, 9.17) is 15.3 Å². The number of hydrogen-bond donors (Lipinski definition) is 1. The van der Waals surface area contributed by atoms with E-state index in [0.29, 0.717) is 28.9 Å². The summed E-state index contributed by atoms with van der Waals surface area (Å²) in [6.45, 7) is 4.23. The number of benzene rings is 1. The van der Waals surface area contributed by atoms with Crippen molar-refractivity contribution >= 4 is 17.7 Å². The molecule has 2 N–H and O–H groups in total. The average molecular weight is 322 g/mol. The lowest BCUT2D eigenvalue weighted by Gasteiger charge is -2.11. The van der Waals surface area contributed by atoms with Crippen molar-refractivity contribution < 1.29 is 14.3 Å². The van der Waals surface area contributed by atoms with E-state index >= 15 is 0 Å². The zero-order valence-corrected chi connectivity index (χ0v) is 13.5. The van der Waals surface area contributed by atoms with Gasteiger partial charge in [0.2, 0.25) is 5.16 Å². The first kappa shape index (κ1) is 16.2. The molecular formula is C14H18N4O3S. The van der Waals surface area contributed by atoms with Crippen LogP contribution in [0.1, 0.15) is 28.7 Å². The predicted molar refractivity (Wildman–Crippen MR) is 83.4 cm³/mol. The zero-order valence-electron chi connectivity index (χ0n) is 12.7. The predicted octanol–water partition coefficient (Wildman–Crippen LogP) is 1.78. The van der Waals surface area contributed by atoms with Gasteiger partial charge >= 0.3 is 5.97 Å². The average Bonchev–Trinajstić information content (AvgIpc) is 2.85. The molecule has 1 aromatic heterocycles. The molecule has 0 aliphatic carbocycles. The van der Waals surface area contributed by atoms with Gasteiger partial charge in [0.1, 0.15) is 11.6 Å². The molecule has 8 heteroatoms. The number of ether oxygens (including phenoxy) is 2. The Hall–Kier alpha value is -2.22. The summed E-state index contributed by atoms with van der Waals surface area (Å²) in [4.78, 5) is 11.7. The minimum atomic E-state index is -0.382. The van der Waals surface area contributed by atoms with Gasteiger partial charge in [-0.15, -0.1) is 10.2 Å². The van der Waals surface area contributed by atoms with Gasteiger partial charge in [-0.05, 0) is 32.0 Å². The summed E-state index contributed by atoms with van der Waals surface area (Å²) in [7, 11) is 1.35. The number of nitrogen functional groups attached to an aromatic ring is 1. The number of thioether (sulfide) groups is 1. The van der Waals surface area contributed by atoms with E-state index in [1.807, 2.05) is 6.92 Å². The number of carbonyl (C=O) groups is 1. The Morgan fingerprint density at radius 2 is 2.18 bits per heavy atom. The zero-order chi connectivity index (χ0) is 16.1. The van der Waals surface area contributed by atoms with Crippen molar-refractivity contribution in [3.05, 3.63) is 35.2 Å². The molecule has 7 nitrogen and oxygen atoms in total. The minimum Gasteiger partial charge on any atom is -0.494 e. The van der Waals surface area contributed by atoms with Crippen LogP contribution >= 0.6 is 11.8 Å². The number of hydrogen-bond acceptors (Lipinski definition) is 7. The highest BCUT2D eigenvalue weighted by atomic mass is 32.2. The summed E-state index contributed by atoms with van der Waals surface area (Å²) in [5, 5.41) is 8.51. The van der Waals surface area contributed by atoms with Gasteiger partial charge in [-0.3, -0.25) is 0 Å². The smallest absolute Gasteiger partial charge is 0.337 e. The second-order valence-electron chi connectivity index (χ2n) is 4.44. The summed E-state index contributed by atoms with van der Waals surface area (Å²) >= 11 is 1.42. The number of esters is 1. The van der Waals surface area contributed by atoms with Crippen LogP contribution in [0.15, 0.2) is 23.4 Å². The van der Waals surface area contributed by atoms with E-state index in [-0.39, 0.29) is 5.97 Å².